The highest BCUT2D eigenvalue weighted by atomic mass is 16.5. The Morgan fingerprint density at radius 2 is 1.52 bits per heavy atom. The van der Waals surface area contributed by atoms with Crippen LogP contribution in [0.15, 0.2) is 48.5 Å². The lowest BCUT2D eigenvalue weighted by Crippen LogP contribution is -2.52. The van der Waals surface area contributed by atoms with Crippen LogP contribution in [0.3, 0.4) is 0 Å². The van der Waals surface area contributed by atoms with Crippen LogP contribution in [-0.4, -0.2) is 63.2 Å². The SMILES string of the molecule is COc1ccc(N2C(=O)C[C@@H](N3CCN(c4cccc(OC)c4)CC3)C2=O)cc1. The molecule has 2 heterocycles. The first-order valence-electron chi connectivity index (χ1n) is 9.74. The van der Waals surface area contributed by atoms with Gasteiger partial charge < -0.3 is 14.4 Å². The summed E-state index contributed by atoms with van der Waals surface area (Å²) >= 11 is 0. The zero-order valence-electron chi connectivity index (χ0n) is 16.7. The summed E-state index contributed by atoms with van der Waals surface area (Å²) in [4.78, 5) is 31.3. The van der Waals surface area contributed by atoms with Gasteiger partial charge in [-0.05, 0) is 36.4 Å². The zero-order chi connectivity index (χ0) is 20.4. The van der Waals surface area contributed by atoms with Crippen molar-refractivity contribution in [2.24, 2.45) is 0 Å². The molecule has 2 aromatic rings. The van der Waals surface area contributed by atoms with E-state index in [0.717, 1.165) is 37.6 Å². The maximum Gasteiger partial charge on any atom is 0.251 e. The lowest BCUT2D eigenvalue weighted by molar-refractivity contribution is -0.123. The molecule has 7 nitrogen and oxygen atoms in total. The first-order chi connectivity index (χ1) is 14.1. The number of imide groups is 1. The number of amides is 2. The Kier molecular flexibility index (Phi) is 5.40. The van der Waals surface area contributed by atoms with Gasteiger partial charge in [0.15, 0.2) is 0 Å². The lowest BCUT2D eigenvalue weighted by atomic mass is 10.1. The molecule has 2 saturated heterocycles. The van der Waals surface area contributed by atoms with Gasteiger partial charge in [-0.25, -0.2) is 4.90 Å². The first kappa shape index (κ1) is 19.3. The predicted octanol–water partition coefficient (Wildman–Crippen LogP) is 2.16. The number of hydrogen-bond donors (Lipinski definition) is 0. The van der Waals surface area contributed by atoms with Crippen molar-refractivity contribution in [3.8, 4) is 11.5 Å². The van der Waals surface area contributed by atoms with Crippen molar-refractivity contribution in [1.29, 1.82) is 0 Å². The number of methoxy groups -OCH3 is 2. The summed E-state index contributed by atoms with van der Waals surface area (Å²) in [6, 6.07) is 14.6. The molecule has 2 amide bonds. The smallest absolute Gasteiger partial charge is 0.251 e. The van der Waals surface area contributed by atoms with E-state index in [0.29, 0.717) is 11.4 Å². The maximum atomic E-state index is 13.0. The van der Waals surface area contributed by atoms with E-state index in [9.17, 15) is 9.59 Å². The Bertz CT molecular complexity index is 891. The molecule has 0 aliphatic carbocycles. The summed E-state index contributed by atoms with van der Waals surface area (Å²) in [6.45, 7) is 3.07. The second kappa shape index (κ2) is 8.13. The fourth-order valence-corrected chi connectivity index (χ4v) is 4.00. The third kappa shape index (κ3) is 3.78. The Hall–Kier alpha value is -3.06. The van der Waals surface area contributed by atoms with Crippen LogP contribution in [0.5, 0.6) is 11.5 Å². The minimum Gasteiger partial charge on any atom is -0.497 e. The zero-order valence-corrected chi connectivity index (χ0v) is 16.7. The molecule has 0 saturated carbocycles. The van der Waals surface area contributed by atoms with E-state index in [-0.39, 0.29) is 18.2 Å². The van der Waals surface area contributed by atoms with Crippen LogP contribution in [0.4, 0.5) is 11.4 Å². The van der Waals surface area contributed by atoms with E-state index in [1.807, 2.05) is 18.2 Å². The molecule has 2 fully saturated rings. The van der Waals surface area contributed by atoms with Gasteiger partial charge in [0.1, 0.15) is 11.5 Å². The van der Waals surface area contributed by atoms with Gasteiger partial charge in [-0.15, -0.1) is 0 Å². The van der Waals surface area contributed by atoms with Crippen LogP contribution >= 0.6 is 0 Å². The molecule has 2 aliphatic rings. The fraction of sp³-hybridized carbons (Fsp3) is 0.364. The average molecular weight is 395 g/mol. The number of ether oxygens (including phenoxy) is 2. The van der Waals surface area contributed by atoms with Gasteiger partial charge in [-0.2, -0.15) is 0 Å². The highest BCUT2D eigenvalue weighted by Crippen LogP contribution is 2.29. The molecule has 0 N–H and O–H groups in total. The topological polar surface area (TPSA) is 62.3 Å². The standard InChI is InChI=1S/C22H25N3O4/c1-28-18-8-6-16(7-9-18)25-21(26)15-20(22(25)27)24-12-10-23(11-13-24)17-4-3-5-19(14-17)29-2/h3-9,14,20H,10-13,15H2,1-2H3/t20-/m1/s1. The van der Waals surface area contributed by atoms with E-state index in [2.05, 4.69) is 15.9 Å². The molecule has 7 heteroatoms. The Balaban J connectivity index is 1.42. The predicted molar refractivity (Wildman–Crippen MR) is 111 cm³/mol. The van der Waals surface area contributed by atoms with Gasteiger partial charge in [-0.3, -0.25) is 14.5 Å². The Morgan fingerprint density at radius 1 is 0.828 bits per heavy atom. The maximum absolute atomic E-state index is 13.0. The van der Waals surface area contributed by atoms with Gasteiger partial charge in [0.05, 0.1) is 32.4 Å². The first-order valence-corrected chi connectivity index (χ1v) is 9.74. The lowest BCUT2D eigenvalue weighted by Gasteiger charge is -2.38. The van der Waals surface area contributed by atoms with E-state index in [4.69, 9.17) is 9.47 Å². The largest absolute Gasteiger partial charge is 0.497 e. The van der Waals surface area contributed by atoms with Crippen LogP contribution in [0.25, 0.3) is 0 Å². The van der Waals surface area contributed by atoms with Crippen LogP contribution in [0, 0.1) is 0 Å². The molecule has 0 unspecified atom stereocenters. The summed E-state index contributed by atoms with van der Waals surface area (Å²) in [5, 5.41) is 0. The van der Waals surface area contributed by atoms with Crippen LogP contribution in [-0.2, 0) is 9.59 Å². The van der Waals surface area contributed by atoms with E-state index < -0.39 is 6.04 Å². The molecular formula is C22H25N3O4. The number of benzene rings is 2. The molecule has 2 aromatic carbocycles. The van der Waals surface area contributed by atoms with Crippen molar-refractivity contribution in [3.05, 3.63) is 48.5 Å². The van der Waals surface area contributed by atoms with Gasteiger partial charge in [-0.1, -0.05) is 6.07 Å². The van der Waals surface area contributed by atoms with Crippen LogP contribution < -0.4 is 19.3 Å². The monoisotopic (exact) mass is 395 g/mol. The third-order valence-electron chi connectivity index (χ3n) is 5.63. The van der Waals surface area contributed by atoms with Crippen molar-refractivity contribution >= 4 is 23.2 Å². The van der Waals surface area contributed by atoms with Crippen molar-refractivity contribution in [3.63, 3.8) is 0 Å². The van der Waals surface area contributed by atoms with Crippen LogP contribution in [0.1, 0.15) is 6.42 Å². The van der Waals surface area contributed by atoms with Crippen molar-refractivity contribution < 1.29 is 19.1 Å². The Morgan fingerprint density at radius 3 is 2.17 bits per heavy atom. The number of rotatable bonds is 5. The van der Waals surface area contributed by atoms with Crippen LogP contribution in [0.2, 0.25) is 0 Å². The number of carbonyl (C=O) groups excluding carboxylic acids is 2. The van der Waals surface area contributed by atoms with Gasteiger partial charge in [0.25, 0.3) is 5.91 Å². The van der Waals surface area contributed by atoms with Gasteiger partial charge in [0.2, 0.25) is 5.91 Å². The van der Waals surface area contributed by atoms with Crippen molar-refractivity contribution in [1.82, 2.24) is 4.90 Å². The molecule has 2 aliphatic heterocycles. The summed E-state index contributed by atoms with van der Waals surface area (Å²) in [7, 11) is 3.25. The molecule has 0 bridgehead atoms. The molecular weight excluding hydrogens is 370 g/mol. The number of hydrogen-bond acceptors (Lipinski definition) is 6. The highest BCUT2D eigenvalue weighted by Gasteiger charge is 2.43. The van der Waals surface area contributed by atoms with E-state index in [1.54, 1.807) is 38.5 Å². The molecule has 0 spiro atoms. The van der Waals surface area contributed by atoms with E-state index in [1.165, 1.54) is 4.90 Å². The molecule has 0 radical (unpaired) electrons. The van der Waals surface area contributed by atoms with Crippen molar-refractivity contribution in [2.75, 3.05) is 50.2 Å². The number of carbonyl (C=O) groups is 2. The van der Waals surface area contributed by atoms with Crippen molar-refractivity contribution in [2.45, 2.75) is 12.5 Å². The molecule has 4 rings (SSSR count). The normalized spacial score (nSPS) is 20.3. The van der Waals surface area contributed by atoms with Gasteiger partial charge in [0, 0.05) is 37.9 Å². The molecule has 1 atom stereocenters. The second-order valence-electron chi connectivity index (χ2n) is 7.21. The summed E-state index contributed by atoms with van der Waals surface area (Å²) in [5.74, 6) is 1.23. The average Bonchev–Trinajstić information content (AvgIpc) is 3.08. The number of anilines is 2. The summed E-state index contributed by atoms with van der Waals surface area (Å²) in [5.41, 5.74) is 1.70. The molecule has 152 valence electrons. The second-order valence-corrected chi connectivity index (χ2v) is 7.21. The number of piperazine rings is 1. The minimum absolute atomic E-state index is 0.144. The number of nitrogens with zero attached hydrogens (tertiary/aromatic N) is 3. The summed E-state index contributed by atoms with van der Waals surface area (Å²) in [6.07, 6.45) is 0.226. The molecule has 29 heavy (non-hydrogen) atoms. The quantitative estimate of drug-likeness (QED) is 0.723. The third-order valence-corrected chi connectivity index (χ3v) is 5.63. The summed E-state index contributed by atoms with van der Waals surface area (Å²) < 4.78 is 10.5. The Labute approximate surface area is 170 Å². The molecule has 0 aromatic heterocycles. The van der Waals surface area contributed by atoms with E-state index >= 15 is 0 Å². The highest BCUT2D eigenvalue weighted by molar-refractivity contribution is 6.22. The van der Waals surface area contributed by atoms with Gasteiger partial charge >= 0.3 is 0 Å². The fourth-order valence-electron chi connectivity index (χ4n) is 4.00. The minimum atomic E-state index is -0.392.